The van der Waals surface area contributed by atoms with Gasteiger partial charge < -0.3 is 4.74 Å². The molecule has 1 saturated carbocycles. The van der Waals surface area contributed by atoms with Gasteiger partial charge in [-0.3, -0.25) is 14.6 Å². The number of halogens is 1. The van der Waals surface area contributed by atoms with E-state index in [1.807, 2.05) is 31.2 Å². The molecule has 1 aliphatic heterocycles. The van der Waals surface area contributed by atoms with Gasteiger partial charge >= 0.3 is 5.97 Å². The Morgan fingerprint density at radius 3 is 2.43 bits per heavy atom. The summed E-state index contributed by atoms with van der Waals surface area (Å²) in [6.45, 7) is 6.09. The second kappa shape index (κ2) is 8.30. The number of carbonyl (C=O) groups excluding carboxylic acids is 2. The normalized spacial score (nSPS) is 26.8. The first kappa shape index (κ1) is 21.3. The minimum absolute atomic E-state index is 0.0266. The molecule has 1 fully saturated rings. The Labute approximate surface area is 183 Å². The third kappa shape index (κ3) is 4.25. The highest BCUT2D eigenvalue weighted by molar-refractivity contribution is 6.30. The first-order valence-corrected chi connectivity index (χ1v) is 11.4. The highest BCUT2D eigenvalue weighted by atomic mass is 35.5. The maximum Gasteiger partial charge on any atom is 0.315 e. The molecule has 0 aromatic heterocycles. The summed E-state index contributed by atoms with van der Waals surface area (Å²) in [5.41, 5.74) is 3.04. The predicted molar refractivity (Wildman–Crippen MR) is 119 cm³/mol. The van der Waals surface area contributed by atoms with E-state index >= 15 is 0 Å². The lowest BCUT2D eigenvalue weighted by Gasteiger charge is -2.39. The molecule has 160 valence electrons. The molecule has 30 heavy (non-hydrogen) atoms. The average molecular weight is 428 g/mol. The first-order chi connectivity index (χ1) is 14.2. The maximum atomic E-state index is 13.4. The number of carbonyl (C=O) groups is 2. The van der Waals surface area contributed by atoms with Crippen LogP contribution in [-0.2, 0) is 14.3 Å². The molecule has 0 spiro atoms. The van der Waals surface area contributed by atoms with Gasteiger partial charge in [-0.2, -0.15) is 0 Å². The van der Waals surface area contributed by atoms with Crippen LogP contribution in [0.1, 0.15) is 77.2 Å². The lowest BCUT2D eigenvalue weighted by atomic mass is 9.67. The number of benzene rings is 1. The van der Waals surface area contributed by atoms with E-state index in [1.165, 1.54) is 6.42 Å². The highest BCUT2D eigenvalue weighted by Gasteiger charge is 2.46. The van der Waals surface area contributed by atoms with Gasteiger partial charge in [0.2, 0.25) is 0 Å². The third-order valence-electron chi connectivity index (χ3n) is 6.62. The van der Waals surface area contributed by atoms with Gasteiger partial charge in [-0.1, -0.05) is 44.0 Å². The molecular formula is C25H30ClNO3. The number of rotatable bonds is 3. The van der Waals surface area contributed by atoms with Crippen molar-refractivity contribution in [2.24, 2.45) is 16.3 Å². The Bertz CT molecular complexity index is 907. The van der Waals surface area contributed by atoms with E-state index in [1.54, 1.807) is 0 Å². The molecule has 3 aliphatic rings. The first-order valence-electron chi connectivity index (χ1n) is 11.0. The molecule has 5 heteroatoms. The molecule has 2 atom stereocenters. The Kier molecular flexibility index (Phi) is 5.89. The summed E-state index contributed by atoms with van der Waals surface area (Å²) in [7, 11) is 0. The number of nitrogens with zero attached hydrogens (tertiary/aromatic N) is 1. The van der Waals surface area contributed by atoms with Crippen LogP contribution in [-0.4, -0.2) is 23.6 Å². The van der Waals surface area contributed by atoms with E-state index in [0.717, 1.165) is 49.1 Å². The van der Waals surface area contributed by atoms with Gasteiger partial charge in [0.25, 0.3) is 0 Å². The van der Waals surface area contributed by atoms with Crippen LogP contribution in [0.2, 0.25) is 5.02 Å². The molecule has 4 nitrogen and oxygen atoms in total. The van der Waals surface area contributed by atoms with Crippen LogP contribution in [0.25, 0.3) is 0 Å². The van der Waals surface area contributed by atoms with E-state index in [9.17, 15) is 9.59 Å². The number of aliphatic imine (C=N–C) groups is 1. The summed E-state index contributed by atoms with van der Waals surface area (Å²) in [4.78, 5) is 31.4. The van der Waals surface area contributed by atoms with Crippen molar-refractivity contribution < 1.29 is 14.3 Å². The zero-order valence-corrected chi connectivity index (χ0v) is 18.8. The lowest BCUT2D eigenvalue weighted by molar-refractivity contribution is -0.153. The van der Waals surface area contributed by atoms with E-state index in [0.29, 0.717) is 17.0 Å². The predicted octanol–water partition coefficient (Wildman–Crippen LogP) is 6.03. The van der Waals surface area contributed by atoms with Crippen LogP contribution in [0.15, 0.2) is 40.5 Å². The summed E-state index contributed by atoms with van der Waals surface area (Å²) in [5, 5.41) is 0.631. The SMILES string of the molecule is CC1=NC2=C(C(=O)CC(C)(C)C2)[C@H](c2ccc(Cl)cc2)C1C(=O)OC1CCCCC1. The van der Waals surface area contributed by atoms with Crippen LogP contribution in [0, 0.1) is 11.3 Å². The standard InChI is InChI=1S/C25H30ClNO3/c1-15-21(24(29)30-18-7-5-4-6-8-18)22(16-9-11-17(26)12-10-16)23-19(27-15)13-25(2,3)14-20(23)28/h9-12,18,21-22H,4-8,13-14H2,1-3H3/t21?,22-/m1/s1. The second-order valence-corrected chi connectivity index (χ2v) is 10.2. The van der Waals surface area contributed by atoms with Crippen molar-refractivity contribution >= 4 is 29.1 Å². The number of hydrogen-bond donors (Lipinski definition) is 0. The zero-order valence-electron chi connectivity index (χ0n) is 18.0. The smallest absolute Gasteiger partial charge is 0.315 e. The summed E-state index contributed by atoms with van der Waals surface area (Å²) >= 11 is 6.12. The van der Waals surface area contributed by atoms with E-state index < -0.39 is 5.92 Å². The van der Waals surface area contributed by atoms with Gasteiger partial charge in [-0.15, -0.1) is 0 Å². The van der Waals surface area contributed by atoms with E-state index in [2.05, 4.69) is 13.8 Å². The molecule has 2 aliphatic carbocycles. The number of ketones is 1. The van der Waals surface area contributed by atoms with E-state index in [-0.39, 0.29) is 29.2 Å². The Morgan fingerprint density at radius 1 is 1.10 bits per heavy atom. The van der Waals surface area contributed by atoms with Gasteiger partial charge in [0.1, 0.15) is 12.0 Å². The summed E-state index contributed by atoms with van der Waals surface area (Å²) in [6, 6.07) is 7.48. The van der Waals surface area contributed by atoms with Crippen molar-refractivity contribution in [3.05, 3.63) is 46.1 Å². The van der Waals surface area contributed by atoms with Crippen LogP contribution in [0.5, 0.6) is 0 Å². The Balaban J connectivity index is 1.74. The van der Waals surface area contributed by atoms with Gasteiger partial charge in [0.05, 0.1) is 0 Å². The quantitative estimate of drug-likeness (QED) is 0.553. The van der Waals surface area contributed by atoms with Crippen molar-refractivity contribution in [3.63, 3.8) is 0 Å². The second-order valence-electron chi connectivity index (χ2n) is 9.76. The molecule has 0 radical (unpaired) electrons. The molecule has 4 rings (SSSR count). The summed E-state index contributed by atoms with van der Waals surface area (Å²) in [6.07, 6.45) is 6.41. The molecule has 1 heterocycles. The molecule has 1 aromatic rings. The molecule has 0 saturated heterocycles. The van der Waals surface area contributed by atoms with Crippen LogP contribution in [0.3, 0.4) is 0 Å². The van der Waals surface area contributed by atoms with Crippen molar-refractivity contribution in [1.29, 1.82) is 0 Å². The largest absolute Gasteiger partial charge is 0.462 e. The van der Waals surface area contributed by atoms with Crippen molar-refractivity contribution in [1.82, 2.24) is 0 Å². The van der Waals surface area contributed by atoms with Crippen molar-refractivity contribution in [2.45, 2.75) is 77.7 Å². The lowest BCUT2D eigenvalue weighted by Crippen LogP contribution is -2.40. The Hall–Kier alpha value is -1.94. The number of esters is 1. The topological polar surface area (TPSA) is 55.7 Å². The van der Waals surface area contributed by atoms with Gasteiger partial charge in [0, 0.05) is 34.3 Å². The fourth-order valence-electron chi connectivity index (χ4n) is 5.20. The fraction of sp³-hybridized carbons (Fsp3) is 0.560. The minimum Gasteiger partial charge on any atom is -0.462 e. The van der Waals surface area contributed by atoms with Crippen LogP contribution >= 0.6 is 11.6 Å². The molecule has 1 aromatic carbocycles. The monoisotopic (exact) mass is 427 g/mol. The molecule has 1 unspecified atom stereocenters. The van der Waals surface area contributed by atoms with Crippen molar-refractivity contribution in [2.75, 3.05) is 0 Å². The fourth-order valence-corrected chi connectivity index (χ4v) is 5.33. The van der Waals surface area contributed by atoms with Crippen LogP contribution < -0.4 is 0 Å². The Morgan fingerprint density at radius 2 is 1.77 bits per heavy atom. The highest BCUT2D eigenvalue weighted by Crippen LogP contribution is 2.48. The van der Waals surface area contributed by atoms with Gasteiger partial charge in [0.15, 0.2) is 5.78 Å². The molecule has 0 amide bonds. The summed E-state index contributed by atoms with van der Waals surface area (Å²) in [5.74, 6) is -1.10. The maximum absolute atomic E-state index is 13.4. The molecular weight excluding hydrogens is 398 g/mol. The number of Topliss-reactive ketones (excluding diaryl/α,β-unsaturated/α-hetero) is 1. The number of ether oxygens (including phenoxy) is 1. The zero-order chi connectivity index (χ0) is 21.5. The van der Waals surface area contributed by atoms with Crippen molar-refractivity contribution in [3.8, 4) is 0 Å². The van der Waals surface area contributed by atoms with E-state index in [4.69, 9.17) is 21.3 Å². The summed E-state index contributed by atoms with van der Waals surface area (Å²) < 4.78 is 5.95. The average Bonchev–Trinajstić information content (AvgIpc) is 2.67. The number of hydrogen-bond acceptors (Lipinski definition) is 4. The van der Waals surface area contributed by atoms with Gasteiger partial charge in [-0.05, 0) is 62.1 Å². The molecule has 0 N–H and O–H groups in total. The minimum atomic E-state index is -0.572. The van der Waals surface area contributed by atoms with Crippen LogP contribution in [0.4, 0.5) is 0 Å². The third-order valence-corrected chi connectivity index (χ3v) is 6.87. The number of allylic oxidation sites excluding steroid dienone is 2. The molecule has 0 bridgehead atoms. The van der Waals surface area contributed by atoms with Gasteiger partial charge in [-0.25, -0.2) is 0 Å².